The molecule has 1 N–H and O–H groups in total. The molecule has 1 saturated heterocycles. The van der Waals surface area contributed by atoms with E-state index in [2.05, 4.69) is 46.9 Å². The zero-order chi connectivity index (χ0) is 15.2. The lowest BCUT2D eigenvalue weighted by Crippen LogP contribution is -2.58. The van der Waals surface area contributed by atoms with E-state index in [4.69, 9.17) is 4.74 Å². The van der Waals surface area contributed by atoms with E-state index in [1.54, 1.807) is 0 Å². The Morgan fingerprint density at radius 3 is 3.00 bits per heavy atom. The summed E-state index contributed by atoms with van der Waals surface area (Å²) in [4.78, 5) is 2.55. The van der Waals surface area contributed by atoms with Gasteiger partial charge in [0.15, 0.2) is 0 Å². The van der Waals surface area contributed by atoms with E-state index in [9.17, 15) is 0 Å². The van der Waals surface area contributed by atoms with Crippen LogP contribution in [0.25, 0.3) is 0 Å². The molecular formula is C17H27BrN2O. The molecule has 1 heterocycles. The van der Waals surface area contributed by atoms with Crippen molar-refractivity contribution in [3.8, 4) is 5.75 Å². The highest BCUT2D eigenvalue weighted by molar-refractivity contribution is 9.10. The highest BCUT2D eigenvalue weighted by Crippen LogP contribution is 2.18. The second-order valence-corrected chi connectivity index (χ2v) is 6.97. The van der Waals surface area contributed by atoms with Crippen LogP contribution >= 0.6 is 15.9 Å². The lowest BCUT2D eigenvalue weighted by atomic mass is 9.96. The average molecular weight is 355 g/mol. The molecule has 1 aliphatic rings. The molecule has 0 saturated carbocycles. The first-order valence-corrected chi connectivity index (χ1v) is 8.75. The second kappa shape index (κ2) is 8.16. The van der Waals surface area contributed by atoms with Gasteiger partial charge in [-0.15, -0.1) is 0 Å². The number of benzene rings is 1. The van der Waals surface area contributed by atoms with Crippen LogP contribution in [0.4, 0.5) is 0 Å². The molecule has 0 spiro atoms. The SMILES string of the molecule is CCC(C)C1CN(CCOc2cccc(Br)c2)C(C)CN1. The van der Waals surface area contributed by atoms with Crippen LogP contribution in [0.15, 0.2) is 28.7 Å². The van der Waals surface area contributed by atoms with Crippen LogP contribution in [0.1, 0.15) is 27.2 Å². The Kier molecular flexibility index (Phi) is 6.52. The first-order chi connectivity index (χ1) is 10.1. The van der Waals surface area contributed by atoms with E-state index in [0.29, 0.717) is 12.1 Å². The topological polar surface area (TPSA) is 24.5 Å². The molecule has 0 radical (unpaired) electrons. The summed E-state index contributed by atoms with van der Waals surface area (Å²) in [5, 5.41) is 3.68. The van der Waals surface area contributed by atoms with Crippen LogP contribution in [-0.4, -0.2) is 43.2 Å². The number of hydrogen-bond donors (Lipinski definition) is 1. The highest BCUT2D eigenvalue weighted by atomic mass is 79.9. The number of ether oxygens (including phenoxy) is 1. The minimum absolute atomic E-state index is 0.580. The van der Waals surface area contributed by atoms with Gasteiger partial charge >= 0.3 is 0 Å². The van der Waals surface area contributed by atoms with Gasteiger partial charge in [0.2, 0.25) is 0 Å². The Morgan fingerprint density at radius 1 is 1.48 bits per heavy atom. The Labute approximate surface area is 137 Å². The van der Waals surface area contributed by atoms with E-state index in [1.165, 1.54) is 6.42 Å². The third-order valence-corrected chi connectivity index (χ3v) is 5.00. The van der Waals surface area contributed by atoms with Crippen LogP contribution in [0.2, 0.25) is 0 Å². The van der Waals surface area contributed by atoms with Crippen molar-refractivity contribution in [1.29, 1.82) is 0 Å². The number of nitrogens with one attached hydrogen (secondary N) is 1. The summed E-state index contributed by atoms with van der Waals surface area (Å²) >= 11 is 3.47. The average Bonchev–Trinajstić information content (AvgIpc) is 2.48. The van der Waals surface area contributed by atoms with Crippen LogP contribution in [0, 0.1) is 5.92 Å². The summed E-state index contributed by atoms with van der Waals surface area (Å²) < 4.78 is 6.93. The molecule has 21 heavy (non-hydrogen) atoms. The minimum Gasteiger partial charge on any atom is -0.492 e. The lowest BCUT2D eigenvalue weighted by Gasteiger charge is -2.40. The van der Waals surface area contributed by atoms with E-state index in [-0.39, 0.29) is 0 Å². The number of halogens is 1. The van der Waals surface area contributed by atoms with Crippen molar-refractivity contribution in [1.82, 2.24) is 10.2 Å². The number of piperazine rings is 1. The van der Waals surface area contributed by atoms with Gasteiger partial charge in [0.05, 0.1) is 0 Å². The zero-order valence-electron chi connectivity index (χ0n) is 13.3. The molecular weight excluding hydrogens is 328 g/mol. The van der Waals surface area contributed by atoms with Gasteiger partial charge < -0.3 is 10.1 Å². The van der Waals surface area contributed by atoms with Gasteiger partial charge in [0.25, 0.3) is 0 Å². The molecule has 1 fully saturated rings. The molecule has 3 nitrogen and oxygen atoms in total. The molecule has 0 aliphatic carbocycles. The fourth-order valence-electron chi connectivity index (χ4n) is 2.76. The Hall–Kier alpha value is -0.580. The molecule has 3 atom stereocenters. The van der Waals surface area contributed by atoms with Gasteiger partial charge in [-0.2, -0.15) is 0 Å². The summed E-state index contributed by atoms with van der Waals surface area (Å²) in [5.41, 5.74) is 0. The number of hydrogen-bond acceptors (Lipinski definition) is 3. The Balaban J connectivity index is 1.80. The molecule has 2 rings (SSSR count). The molecule has 1 aliphatic heterocycles. The number of rotatable bonds is 6. The van der Waals surface area contributed by atoms with E-state index < -0.39 is 0 Å². The smallest absolute Gasteiger partial charge is 0.120 e. The van der Waals surface area contributed by atoms with Gasteiger partial charge in [0, 0.05) is 36.2 Å². The summed E-state index contributed by atoms with van der Waals surface area (Å²) in [6.45, 7) is 10.8. The standard InChI is InChI=1S/C17H27BrN2O/c1-4-13(2)17-12-20(14(3)11-19-17)8-9-21-16-7-5-6-15(18)10-16/h5-7,10,13-14,17,19H,4,8-9,11-12H2,1-3H3. The van der Waals surface area contributed by atoms with E-state index >= 15 is 0 Å². The summed E-state index contributed by atoms with van der Waals surface area (Å²) in [5.74, 6) is 1.66. The Morgan fingerprint density at radius 2 is 2.29 bits per heavy atom. The molecule has 1 aromatic carbocycles. The van der Waals surface area contributed by atoms with E-state index in [1.807, 2.05) is 24.3 Å². The van der Waals surface area contributed by atoms with Crippen molar-refractivity contribution in [2.45, 2.75) is 39.3 Å². The maximum atomic E-state index is 5.87. The van der Waals surface area contributed by atoms with Crippen LogP contribution < -0.4 is 10.1 Å². The molecule has 118 valence electrons. The van der Waals surface area contributed by atoms with Crippen molar-refractivity contribution in [2.75, 3.05) is 26.2 Å². The van der Waals surface area contributed by atoms with Crippen molar-refractivity contribution in [2.24, 2.45) is 5.92 Å². The third kappa shape index (κ3) is 4.97. The molecule has 4 heteroatoms. The van der Waals surface area contributed by atoms with Crippen molar-refractivity contribution in [3.63, 3.8) is 0 Å². The minimum atomic E-state index is 0.580. The quantitative estimate of drug-likeness (QED) is 0.845. The van der Waals surface area contributed by atoms with Crippen molar-refractivity contribution in [3.05, 3.63) is 28.7 Å². The molecule has 0 bridgehead atoms. The molecule has 0 aromatic heterocycles. The normalized spacial score (nSPS) is 24.8. The largest absolute Gasteiger partial charge is 0.492 e. The van der Waals surface area contributed by atoms with Gasteiger partial charge in [0.1, 0.15) is 12.4 Å². The van der Waals surface area contributed by atoms with Crippen molar-refractivity contribution >= 4 is 15.9 Å². The number of nitrogens with zero attached hydrogens (tertiary/aromatic N) is 1. The predicted molar refractivity (Wildman–Crippen MR) is 91.9 cm³/mol. The van der Waals surface area contributed by atoms with E-state index in [0.717, 1.165) is 42.4 Å². The lowest BCUT2D eigenvalue weighted by molar-refractivity contribution is 0.101. The fraction of sp³-hybridized carbons (Fsp3) is 0.647. The van der Waals surface area contributed by atoms with Gasteiger partial charge in [-0.3, -0.25) is 4.90 Å². The summed E-state index contributed by atoms with van der Waals surface area (Å²) in [7, 11) is 0. The van der Waals surface area contributed by atoms with Gasteiger partial charge in [-0.05, 0) is 31.0 Å². The van der Waals surface area contributed by atoms with Gasteiger partial charge in [-0.25, -0.2) is 0 Å². The van der Waals surface area contributed by atoms with Crippen molar-refractivity contribution < 1.29 is 4.74 Å². The summed E-state index contributed by atoms with van der Waals surface area (Å²) in [6.07, 6.45) is 1.23. The van der Waals surface area contributed by atoms with Crippen LogP contribution in [0.3, 0.4) is 0 Å². The maximum absolute atomic E-state index is 5.87. The fourth-order valence-corrected chi connectivity index (χ4v) is 3.14. The summed E-state index contributed by atoms with van der Waals surface area (Å²) in [6, 6.07) is 9.23. The van der Waals surface area contributed by atoms with Crippen LogP contribution in [0.5, 0.6) is 5.75 Å². The monoisotopic (exact) mass is 354 g/mol. The highest BCUT2D eigenvalue weighted by Gasteiger charge is 2.27. The zero-order valence-corrected chi connectivity index (χ0v) is 14.9. The van der Waals surface area contributed by atoms with Crippen LogP contribution in [-0.2, 0) is 0 Å². The second-order valence-electron chi connectivity index (χ2n) is 6.05. The van der Waals surface area contributed by atoms with Gasteiger partial charge in [-0.1, -0.05) is 42.3 Å². The Bertz CT molecular complexity index is 441. The molecule has 0 amide bonds. The predicted octanol–water partition coefficient (Wildman–Crippen LogP) is 3.54. The molecule has 3 unspecified atom stereocenters. The first kappa shape index (κ1) is 16.8. The molecule has 1 aromatic rings. The maximum Gasteiger partial charge on any atom is 0.120 e. The third-order valence-electron chi connectivity index (χ3n) is 4.50. The first-order valence-electron chi connectivity index (χ1n) is 7.96.